The molecule has 0 bridgehead atoms. The van der Waals surface area contributed by atoms with E-state index in [9.17, 15) is 19.9 Å². The van der Waals surface area contributed by atoms with Crippen LogP contribution in [0.2, 0.25) is 5.02 Å². The third-order valence-corrected chi connectivity index (χ3v) is 11.0. The second kappa shape index (κ2) is 9.63. The molecule has 5 aliphatic rings. The van der Waals surface area contributed by atoms with Gasteiger partial charge in [0, 0.05) is 22.9 Å². The van der Waals surface area contributed by atoms with Gasteiger partial charge in [-0.3, -0.25) is 19.9 Å². The van der Waals surface area contributed by atoms with E-state index in [0.29, 0.717) is 29.7 Å². The molecule has 0 radical (unpaired) electrons. The van der Waals surface area contributed by atoms with Crippen LogP contribution in [0.4, 0.5) is 14.5 Å². The number of anilines is 1. The van der Waals surface area contributed by atoms with Crippen LogP contribution in [0.3, 0.4) is 0 Å². The molecule has 2 N–H and O–H groups in total. The van der Waals surface area contributed by atoms with Crippen LogP contribution in [-0.4, -0.2) is 53.2 Å². The number of halogens is 3. The molecule has 216 valence electrons. The molecule has 4 saturated carbocycles. The van der Waals surface area contributed by atoms with Gasteiger partial charge in [-0.05, 0) is 104 Å². The summed E-state index contributed by atoms with van der Waals surface area (Å²) < 4.78 is 39.1. The molecular formula is C31H36ClF2NO5. The summed E-state index contributed by atoms with van der Waals surface area (Å²) in [4.78, 5) is 25.8. The Bertz CT molecular complexity index is 1270. The maximum Gasteiger partial charge on any atom is 0.309 e. The summed E-state index contributed by atoms with van der Waals surface area (Å²) in [7, 11) is 0. The van der Waals surface area contributed by atoms with Gasteiger partial charge >= 0.3 is 5.97 Å². The number of aliphatic hydroxyl groups excluding tert-OH is 1. The van der Waals surface area contributed by atoms with Crippen molar-refractivity contribution in [3.05, 3.63) is 53.1 Å². The maximum absolute atomic E-state index is 17.5. The quantitative estimate of drug-likeness (QED) is 0.337. The summed E-state index contributed by atoms with van der Waals surface area (Å²) in [5.74, 6) is -2.95. The largest absolute Gasteiger partial charge is 0.465 e. The van der Waals surface area contributed by atoms with Crippen molar-refractivity contribution in [1.29, 1.82) is 0 Å². The van der Waals surface area contributed by atoms with Crippen molar-refractivity contribution in [3.63, 3.8) is 0 Å². The Hall–Kier alpha value is -2.29. The van der Waals surface area contributed by atoms with Gasteiger partial charge in [-0.1, -0.05) is 24.6 Å². The van der Waals surface area contributed by atoms with Gasteiger partial charge in [0.1, 0.15) is 6.17 Å². The summed E-state index contributed by atoms with van der Waals surface area (Å²) in [6.07, 6.45) is 2.98. The first kappa shape index (κ1) is 27.9. The fourth-order valence-corrected chi connectivity index (χ4v) is 8.67. The summed E-state index contributed by atoms with van der Waals surface area (Å²) in [6, 6.07) is 6.65. The molecule has 0 spiro atoms. The number of hydrogen-bond donors (Lipinski definition) is 2. The minimum absolute atomic E-state index is 0.0155. The van der Waals surface area contributed by atoms with Crippen LogP contribution in [0, 0.1) is 40.4 Å². The van der Waals surface area contributed by atoms with Crippen LogP contribution in [0.25, 0.3) is 0 Å². The van der Waals surface area contributed by atoms with E-state index in [2.05, 4.69) is 0 Å². The fourth-order valence-electron chi connectivity index (χ4n) is 8.54. The third-order valence-electron chi connectivity index (χ3n) is 10.7. The van der Waals surface area contributed by atoms with E-state index in [1.807, 2.05) is 6.92 Å². The Balaban J connectivity index is 1.37. The summed E-state index contributed by atoms with van der Waals surface area (Å²) in [5, 5.41) is 24.2. The van der Waals surface area contributed by atoms with Crippen molar-refractivity contribution in [1.82, 2.24) is 0 Å². The van der Waals surface area contributed by atoms with Crippen molar-refractivity contribution >= 4 is 29.0 Å². The molecule has 0 aromatic heterocycles. The number of rotatable bonds is 6. The van der Waals surface area contributed by atoms with Crippen LogP contribution in [-0.2, 0) is 14.3 Å². The summed E-state index contributed by atoms with van der Waals surface area (Å²) in [6.45, 7) is 3.85. The van der Waals surface area contributed by atoms with Crippen molar-refractivity contribution in [2.24, 2.45) is 40.4 Å². The predicted octanol–water partition coefficient (Wildman–Crippen LogP) is 5.65. The number of alkyl halides is 2. The first-order valence-electron chi connectivity index (χ1n) is 14.2. The molecule has 40 heavy (non-hydrogen) atoms. The van der Waals surface area contributed by atoms with Crippen LogP contribution in [0.15, 0.2) is 48.1 Å². The Morgan fingerprint density at radius 3 is 2.55 bits per heavy atom. The molecule has 1 aromatic carbocycles. The molecule has 9 atom stereocenters. The lowest BCUT2D eigenvalue weighted by Crippen LogP contribution is -2.68. The second-order valence-corrected chi connectivity index (χ2v) is 13.5. The van der Waals surface area contributed by atoms with E-state index < -0.39 is 64.2 Å². The minimum Gasteiger partial charge on any atom is -0.465 e. The fraction of sp³-hybridized carbons (Fsp3) is 0.613. The number of fused-ring (bicyclic) bond motifs is 5. The lowest BCUT2D eigenvalue weighted by atomic mass is 9.45. The minimum atomic E-state index is -2.23. The molecular weight excluding hydrogens is 540 g/mol. The normalized spacial score (nSPS) is 42.0. The molecule has 5 aliphatic carbocycles. The van der Waals surface area contributed by atoms with Crippen LogP contribution < -0.4 is 5.06 Å². The molecule has 6 rings (SSSR count). The zero-order chi connectivity index (χ0) is 28.6. The number of esters is 1. The second-order valence-electron chi connectivity index (χ2n) is 13.1. The van der Waals surface area contributed by atoms with E-state index in [-0.39, 0.29) is 25.0 Å². The van der Waals surface area contributed by atoms with Gasteiger partial charge in [-0.2, -0.15) is 0 Å². The Morgan fingerprint density at radius 2 is 1.88 bits per heavy atom. The summed E-state index contributed by atoms with van der Waals surface area (Å²) in [5.41, 5.74) is -4.03. The van der Waals surface area contributed by atoms with Crippen molar-refractivity contribution in [2.75, 3.05) is 18.2 Å². The monoisotopic (exact) mass is 575 g/mol. The van der Waals surface area contributed by atoms with Gasteiger partial charge in [-0.15, -0.1) is 0 Å². The third kappa shape index (κ3) is 4.16. The molecule has 9 heteroatoms. The average molecular weight is 576 g/mol. The molecule has 6 nitrogen and oxygen atoms in total. The average Bonchev–Trinajstić information content (AvgIpc) is 3.69. The maximum atomic E-state index is 17.5. The van der Waals surface area contributed by atoms with Crippen molar-refractivity contribution < 1.29 is 33.4 Å². The van der Waals surface area contributed by atoms with Crippen LogP contribution in [0.5, 0.6) is 0 Å². The summed E-state index contributed by atoms with van der Waals surface area (Å²) >= 11 is 6.01. The smallest absolute Gasteiger partial charge is 0.309 e. The SMILES string of the molecule is CC12CC(O)C3(F)C(CC(F)C4=CC(=O)C=CC43C)C1CC(CN(O)c1ccc(Cl)cc1)C2C(=O)OCC1CC1. The number of hydrogen-bond acceptors (Lipinski definition) is 6. The lowest BCUT2D eigenvalue weighted by Gasteiger charge is -2.62. The lowest BCUT2D eigenvalue weighted by molar-refractivity contribution is -0.205. The highest BCUT2D eigenvalue weighted by molar-refractivity contribution is 6.30. The molecule has 4 fully saturated rings. The Labute approximate surface area is 238 Å². The van der Waals surface area contributed by atoms with Gasteiger partial charge in [0.15, 0.2) is 11.5 Å². The first-order chi connectivity index (χ1) is 18.9. The number of carbonyl (C=O) groups is 2. The van der Waals surface area contributed by atoms with Gasteiger partial charge in [0.25, 0.3) is 0 Å². The molecule has 0 aliphatic heterocycles. The number of aliphatic hydroxyl groups is 1. The molecule has 0 amide bonds. The van der Waals surface area contributed by atoms with Gasteiger partial charge in [0.05, 0.1) is 24.3 Å². The molecule has 0 saturated heterocycles. The Morgan fingerprint density at radius 1 is 1.18 bits per heavy atom. The number of carbonyl (C=O) groups excluding carboxylic acids is 2. The standard InChI is InChI=1S/C31H36ClF2NO5/c1-29-14-26(37)31(34)23(13-25(33)24-12-21(36)9-10-30(24,31)2)22(29)11-18(27(29)28(38)40-16-17-3-4-17)15-35(39)20-7-5-19(32)6-8-20/h5-10,12,17-18,22-23,25-27,37,39H,3-4,11,13-16H2,1-2H3. The highest BCUT2D eigenvalue weighted by Crippen LogP contribution is 2.70. The van der Waals surface area contributed by atoms with Crippen LogP contribution >= 0.6 is 11.6 Å². The van der Waals surface area contributed by atoms with Gasteiger partial charge in [0.2, 0.25) is 0 Å². The number of ether oxygens (including phenoxy) is 1. The predicted molar refractivity (Wildman–Crippen MR) is 145 cm³/mol. The number of allylic oxidation sites excluding steroid dienone is 4. The van der Waals surface area contributed by atoms with E-state index >= 15 is 8.78 Å². The van der Waals surface area contributed by atoms with E-state index in [4.69, 9.17) is 16.3 Å². The number of nitrogens with zero attached hydrogens (tertiary/aromatic N) is 1. The van der Waals surface area contributed by atoms with Gasteiger partial charge < -0.3 is 9.84 Å². The zero-order valence-corrected chi connectivity index (χ0v) is 23.5. The van der Waals surface area contributed by atoms with E-state index in [1.165, 1.54) is 18.2 Å². The van der Waals surface area contributed by atoms with Gasteiger partial charge in [-0.25, -0.2) is 8.78 Å². The van der Waals surface area contributed by atoms with Crippen molar-refractivity contribution in [3.8, 4) is 0 Å². The number of ketones is 1. The van der Waals surface area contributed by atoms with E-state index in [1.54, 1.807) is 31.2 Å². The van der Waals surface area contributed by atoms with Crippen LogP contribution in [0.1, 0.15) is 46.0 Å². The molecule has 9 unspecified atom stereocenters. The Kier molecular flexibility index (Phi) is 6.71. The topological polar surface area (TPSA) is 87.1 Å². The molecule has 0 heterocycles. The van der Waals surface area contributed by atoms with Crippen molar-refractivity contribution in [2.45, 2.75) is 63.9 Å². The number of hydroxylamine groups is 1. The highest BCUT2D eigenvalue weighted by atomic mass is 35.5. The first-order valence-corrected chi connectivity index (χ1v) is 14.6. The van der Waals surface area contributed by atoms with E-state index in [0.717, 1.165) is 17.9 Å². The molecule has 1 aromatic rings. The zero-order valence-electron chi connectivity index (χ0n) is 22.7. The number of benzene rings is 1. The highest BCUT2D eigenvalue weighted by Gasteiger charge is 2.73.